The molecular formula is C16H12O4S. The van der Waals surface area contributed by atoms with Crippen LogP contribution in [0.1, 0.15) is 27.0 Å². The van der Waals surface area contributed by atoms with E-state index in [-0.39, 0.29) is 15.4 Å². The van der Waals surface area contributed by atoms with Gasteiger partial charge in [0.05, 0.1) is 15.4 Å². The molecule has 0 spiro atoms. The minimum atomic E-state index is -3.74. The summed E-state index contributed by atoms with van der Waals surface area (Å²) in [6.45, 7) is 1.89. The molecule has 3 rings (SSSR count). The smallest absolute Gasteiger partial charge is 0.335 e. The van der Waals surface area contributed by atoms with Gasteiger partial charge in [0.25, 0.3) is 0 Å². The first-order valence-corrected chi connectivity index (χ1v) is 7.79. The largest absolute Gasteiger partial charge is 0.478 e. The normalized spacial score (nSPS) is 14.9. The van der Waals surface area contributed by atoms with Crippen molar-refractivity contribution < 1.29 is 18.3 Å². The predicted molar refractivity (Wildman–Crippen MR) is 79.0 cm³/mol. The first-order chi connectivity index (χ1) is 9.89. The van der Waals surface area contributed by atoms with Crippen molar-refractivity contribution in [2.45, 2.75) is 16.7 Å². The molecule has 0 radical (unpaired) electrons. The molecule has 0 saturated carbocycles. The van der Waals surface area contributed by atoms with Crippen LogP contribution >= 0.6 is 0 Å². The van der Waals surface area contributed by atoms with Gasteiger partial charge in [-0.25, -0.2) is 13.2 Å². The highest BCUT2D eigenvalue weighted by Crippen LogP contribution is 2.33. The first kappa shape index (κ1) is 13.6. The highest BCUT2D eigenvalue weighted by Gasteiger charge is 2.26. The third kappa shape index (κ3) is 2.15. The Labute approximate surface area is 122 Å². The Kier molecular flexibility index (Phi) is 2.95. The van der Waals surface area contributed by atoms with Crippen molar-refractivity contribution in [1.82, 2.24) is 0 Å². The zero-order chi connectivity index (χ0) is 15.2. The van der Waals surface area contributed by atoms with Gasteiger partial charge in [-0.3, -0.25) is 0 Å². The lowest BCUT2D eigenvalue weighted by Gasteiger charge is -2.09. The monoisotopic (exact) mass is 300 g/mol. The van der Waals surface area contributed by atoms with Crippen LogP contribution in [0.3, 0.4) is 0 Å². The van der Waals surface area contributed by atoms with Gasteiger partial charge in [-0.15, -0.1) is 0 Å². The number of rotatable bonds is 1. The second-order valence-corrected chi connectivity index (χ2v) is 6.82. The molecule has 0 amide bonds. The van der Waals surface area contributed by atoms with E-state index in [1.54, 1.807) is 30.4 Å². The Morgan fingerprint density at radius 1 is 0.952 bits per heavy atom. The van der Waals surface area contributed by atoms with Crippen LogP contribution in [0.2, 0.25) is 0 Å². The number of aryl methyl sites for hydroxylation is 1. The van der Waals surface area contributed by atoms with E-state index in [9.17, 15) is 13.2 Å². The van der Waals surface area contributed by atoms with E-state index in [0.29, 0.717) is 11.1 Å². The second-order valence-electron chi connectivity index (χ2n) is 4.94. The Bertz CT molecular complexity index is 892. The summed E-state index contributed by atoms with van der Waals surface area (Å²) in [5.74, 6) is -1.15. The highest BCUT2D eigenvalue weighted by atomic mass is 32.2. The molecule has 5 heteroatoms. The lowest BCUT2D eigenvalue weighted by molar-refractivity contribution is 0.0696. The predicted octanol–water partition coefficient (Wildman–Crippen LogP) is 3.01. The summed E-state index contributed by atoms with van der Waals surface area (Å²) in [6, 6.07) is 9.23. The van der Waals surface area contributed by atoms with Gasteiger partial charge in [-0.05, 0) is 36.2 Å². The fraction of sp³-hybridized carbons (Fsp3) is 0.0625. The van der Waals surface area contributed by atoms with Crippen LogP contribution < -0.4 is 0 Å². The summed E-state index contributed by atoms with van der Waals surface area (Å²) >= 11 is 0. The number of carbonyl (C=O) groups is 1. The van der Waals surface area contributed by atoms with Crippen molar-refractivity contribution in [2.24, 2.45) is 0 Å². The van der Waals surface area contributed by atoms with Crippen molar-refractivity contribution >= 4 is 28.0 Å². The Hall–Kier alpha value is -2.40. The molecule has 0 bridgehead atoms. The molecule has 2 aromatic carbocycles. The van der Waals surface area contributed by atoms with Crippen molar-refractivity contribution in [3.05, 3.63) is 58.7 Å². The average Bonchev–Trinajstić information content (AvgIpc) is 2.54. The summed E-state index contributed by atoms with van der Waals surface area (Å²) < 4.78 is 25.5. The van der Waals surface area contributed by atoms with Gasteiger partial charge in [-0.2, -0.15) is 0 Å². The van der Waals surface area contributed by atoms with E-state index < -0.39 is 15.8 Å². The number of sulfone groups is 1. The van der Waals surface area contributed by atoms with Crippen LogP contribution in [0.4, 0.5) is 0 Å². The molecule has 1 aliphatic rings. The third-order valence-electron chi connectivity index (χ3n) is 3.45. The van der Waals surface area contributed by atoms with E-state index in [0.717, 1.165) is 5.56 Å². The molecule has 0 aromatic heterocycles. The topological polar surface area (TPSA) is 71.4 Å². The number of hydrogen-bond acceptors (Lipinski definition) is 3. The van der Waals surface area contributed by atoms with Crippen molar-refractivity contribution in [1.29, 1.82) is 0 Å². The SMILES string of the molecule is Cc1ccc2c(c1)C=Cc1ccc(C(=O)O)cc1S2(=O)=O. The Morgan fingerprint density at radius 2 is 1.67 bits per heavy atom. The number of hydrogen-bond donors (Lipinski definition) is 1. The number of carboxylic acids is 1. The molecule has 106 valence electrons. The fourth-order valence-corrected chi connectivity index (χ4v) is 4.03. The average molecular weight is 300 g/mol. The van der Waals surface area contributed by atoms with E-state index in [2.05, 4.69) is 0 Å². The Morgan fingerprint density at radius 3 is 2.38 bits per heavy atom. The molecule has 1 heterocycles. The molecule has 0 aliphatic carbocycles. The van der Waals surface area contributed by atoms with Crippen molar-refractivity contribution in [3.63, 3.8) is 0 Å². The second kappa shape index (κ2) is 4.56. The van der Waals surface area contributed by atoms with Gasteiger partial charge in [-0.1, -0.05) is 35.9 Å². The summed E-state index contributed by atoms with van der Waals surface area (Å²) in [6.07, 6.45) is 3.44. The summed E-state index contributed by atoms with van der Waals surface area (Å²) in [5.41, 5.74) is 2.03. The Balaban J connectivity index is 2.34. The van der Waals surface area contributed by atoms with Gasteiger partial charge in [0.1, 0.15) is 0 Å². The van der Waals surface area contributed by atoms with Gasteiger partial charge in [0.2, 0.25) is 9.84 Å². The lowest BCUT2D eigenvalue weighted by Crippen LogP contribution is -2.07. The molecule has 1 aliphatic heterocycles. The molecule has 2 aromatic rings. The maximum Gasteiger partial charge on any atom is 0.335 e. The molecule has 4 nitrogen and oxygen atoms in total. The van der Waals surface area contributed by atoms with Gasteiger partial charge < -0.3 is 5.11 Å². The van der Waals surface area contributed by atoms with E-state index in [1.807, 2.05) is 6.92 Å². The molecule has 21 heavy (non-hydrogen) atoms. The number of benzene rings is 2. The molecule has 0 unspecified atom stereocenters. The quantitative estimate of drug-likeness (QED) is 0.750. The zero-order valence-corrected chi connectivity index (χ0v) is 12.0. The number of fused-ring (bicyclic) bond motifs is 2. The minimum absolute atomic E-state index is 0.0289. The molecular weight excluding hydrogens is 288 g/mol. The van der Waals surface area contributed by atoms with Gasteiger partial charge >= 0.3 is 5.97 Å². The summed E-state index contributed by atoms with van der Waals surface area (Å²) in [4.78, 5) is 11.3. The van der Waals surface area contributed by atoms with Crippen LogP contribution in [0.25, 0.3) is 12.2 Å². The summed E-state index contributed by atoms with van der Waals surface area (Å²) in [5, 5.41) is 9.05. The standard InChI is InChI=1S/C16H12O4S/c1-10-2-7-14-12(8-10)5-3-11-4-6-13(16(17)18)9-15(11)21(14,19)20/h2-9H,1H3,(H,17,18). The number of carboxylic acid groups (broad SMARTS) is 1. The maximum absolute atomic E-state index is 12.8. The van der Waals surface area contributed by atoms with Crippen LogP contribution in [-0.2, 0) is 9.84 Å². The molecule has 1 N–H and O–H groups in total. The van der Waals surface area contributed by atoms with Crippen molar-refractivity contribution in [2.75, 3.05) is 0 Å². The highest BCUT2D eigenvalue weighted by molar-refractivity contribution is 7.91. The van der Waals surface area contributed by atoms with Crippen molar-refractivity contribution in [3.8, 4) is 0 Å². The van der Waals surface area contributed by atoms with Crippen LogP contribution in [0.5, 0.6) is 0 Å². The maximum atomic E-state index is 12.8. The van der Waals surface area contributed by atoms with E-state index in [4.69, 9.17) is 5.11 Å². The van der Waals surface area contributed by atoms with E-state index >= 15 is 0 Å². The van der Waals surface area contributed by atoms with Gasteiger partial charge in [0, 0.05) is 0 Å². The molecule has 0 atom stereocenters. The van der Waals surface area contributed by atoms with Crippen LogP contribution in [0.15, 0.2) is 46.2 Å². The lowest BCUT2D eigenvalue weighted by atomic mass is 10.1. The summed E-state index contributed by atoms with van der Waals surface area (Å²) in [7, 11) is -3.74. The molecule has 0 fully saturated rings. The minimum Gasteiger partial charge on any atom is -0.478 e. The van der Waals surface area contributed by atoms with E-state index in [1.165, 1.54) is 18.2 Å². The zero-order valence-electron chi connectivity index (χ0n) is 11.2. The fourth-order valence-electron chi connectivity index (χ4n) is 2.38. The molecule has 0 saturated heterocycles. The van der Waals surface area contributed by atoms with Crippen LogP contribution in [0, 0.1) is 6.92 Å². The first-order valence-electron chi connectivity index (χ1n) is 6.31. The van der Waals surface area contributed by atoms with Gasteiger partial charge in [0.15, 0.2) is 0 Å². The third-order valence-corrected chi connectivity index (χ3v) is 5.33. The number of aromatic carboxylic acids is 1. The van der Waals surface area contributed by atoms with Crippen LogP contribution in [-0.4, -0.2) is 19.5 Å².